The van der Waals surface area contributed by atoms with Crippen molar-refractivity contribution < 1.29 is 0 Å². The van der Waals surface area contributed by atoms with Crippen molar-refractivity contribution in [3.8, 4) is 11.8 Å². The van der Waals surface area contributed by atoms with Gasteiger partial charge in [-0.25, -0.2) is 0 Å². The maximum Gasteiger partial charge on any atom is 0.00885 e. The van der Waals surface area contributed by atoms with Crippen molar-refractivity contribution in [1.82, 2.24) is 0 Å². The van der Waals surface area contributed by atoms with Crippen molar-refractivity contribution in [3.63, 3.8) is 0 Å². The molecule has 178 valence electrons. The molecule has 0 heterocycles. The van der Waals surface area contributed by atoms with Crippen LogP contribution in [0.1, 0.15) is 175 Å². The van der Waals surface area contributed by atoms with Crippen molar-refractivity contribution >= 4 is 0 Å². The average Bonchev–Trinajstić information content (AvgIpc) is 2.76. The van der Waals surface area contributed by atoms with Gasteiger partial charge in [0.2, 0.25) is 0 Å². The molecule has 0 saturated carbocycles. The molecule has 1 unspecified atom stereocenters. The molecule has 0 heteroatoms. The number of hydrogen-bond donors (Lipinski definition) is 0. The maximum absolute atomic E-state index is 3.17. The van der Waals surface area contributed by atoms with Crippen molar-refractivity contribution in [3.05, 3.63) is 0 Å². The molecule has 30 heavy (non-hydrogen) atoms. The molecule has 0 N–H and O–H groups in total. The summed E-state index contributed by atoms with van der Waals surface area (Å²) in [5.74, 6) is 7.17. The second-order valence-corrected chi connectivity index (χ2v) is 9.75. The molecule has 0 rings (SSSR count). The first-order chi connectivity index (χ1) is 14.8. The zero-order valence-corrected chi connectivity index (χ0v) is 21.5. The molecule has 0 nitrogen and oxygen atoms in total. The highest BCUT2D eigenvalue weighted by atomic mass is 14.1. The van der Waals surface area contributed by atoms with Crippen LogP contribution in [-0.2, 0) is 0 Å². The van der Waals surface area contributed by atoms with Gasteiger partial charge in [0.25, 0.3) is 0 Å². The molecule has 0 radical (unpaired) electrons. The standard InChI is InChI=1S/C30H58/c1-4-7-9-11-13-15-17-19-21-23-25-27-29-30(6-3)28-26-24-22-20-18-16-14-12-10-8-5-2/h30H,4,6-7,9-29H2,1-3H3. The third kappa shape index (κ3) is 23.8. The fourth-order valence-electron chi connectivity index (χ4n) is 4.66. The summed E-state index contributed by atoms with van der Waals surface area (Å²) in [6.07, 6.45) is 34.5. The van der Waals surface area contributed by atoms with Gasteiger partial charge in [0, 0.05) is 6.42 Å². The first-order valence-corrected chi connectivity index (χ1v) is 14.2. The molecule has 0 aromatic carbocycles. The fourth-order valence-corrected chi connectivity index (χ4v) is 4.66. The summed E-state index contributed by atoms with van der Waals surface area (Å²) in [4.78, 5) is 0. The van der Waals surface area contributed by atoms with Gasteiger partial charge >= 0.3 is 0 Å². The Morgan fingerprint density at radius 3 is 1.20 bits per heavy atom. The van der Waals surface area contributed by atoms with E-state index in [2.05, 4.69) is 25.7 Å². The van der Waals surface area contributed by atoms with E-state index in [-0.39, 0.29) is 0 Å². The average molecular weight is 419 g/mol. The van der Waals surface area contributed by atoms with Crippen LogP contribution in [0.3, 0.4) is 0 Å². The Labute approximate surface area is 192 Å². The minimum atomic E-state index is 1.01. The molecule has 0 aliphatic heterocycles. The first kappa shape index (κ1) is 29.6. The van der Waals surface area contributed by atoms with Gasteiger partial charge in [0.05, 0.1) is 0 Å². The Kier molecular flexibility index (Phi) is 26.2. The van der Waals surface area contributed by atoms with Crippen LogP contribution in [0.5, 0.6) is 0 Å². The quantitative estimate of drug-likeness (QED) is 0.108. The lowest BCUT2D eigenvalue weighted by atomic mass is 9.92. The minimum absolute atomic E-state index is 1.01. The zero-order valence-electron chi connectivity index (χ0n) is 21.5. The molecule has 0 fully saturated rings. The van der Waals surface area contributed by atoms with Crippen molar-refractivity contribution in [2.24, 2.45) is 5.92 Å². The Morgan fingerprint density at radius 1 is 0.467 bits per heavy atom. The second kappa shape index (κ2) is 26.6. The Morgan fingerprint density at radius 2 is 0.833 bits per heavy atom. The van der Waals surface area contributed by atoms with Gasteiger partial charge in [0.15, 0.2) is 0 Å². The molecule has 0 aromatic heterocycles. The van der Waals surface area contributed by atoms with Crippen molar-refractivity contribution in [1.29, 1.82) is 0 Å². The normalized spacial score (nSPS) is 12.0. The highest BCUT2D eigenvalue weighted by Crippen LogP contribution is 2.22. The molecule has 0 aliphatic rings. The highest BCUT2D eigenvalue weighted by Gasteiger charge is 2.06. The van der Waals surface area contributed by atoms with Gasteiger partial charge in [-0.1, -0.05) is 155 Å². The SMILES string of the molecule is CC#CCCCCCCCCCCC(CC)CCCCCCCCCCCCCC. The number of unbranched alkanes of at least 4 members (excludes halogenated alkanes) is 19. The minimum Gasteiger partial charge on any atom is -0.107 e. The summed E-state index contributed by atoms with van der Waals surface area (Å²) in [7, 11) is 0. The third-order valence-corrected chi connectivity index (χ3v) is 6.88. The predicted molar refractivity (Wildman–Crippen MR) is 139 cm³/mol. The highest BCUT2D eigenvalue weighted by molar-refractivity contribution is 4.94. The topological polar surface area (TPSA) is 0 Å². The van der Waals surface area contributed by atoms with Crippen LogP contribution in [0, 0.1) is 17.8 Å². The lowest BCUT2D eigenvalue weighted by molar-refractivity contribution is 0.392. The number of rotatable bonds is 24. The van der Waals surface area contributed by atoms with Crippen LogP contribution in [0.25, 0.3) is 0 Å². The maximum atomic E-state index is 3.17. The molecular weight excluding hydrogens is 360 g/mol. The fraction of sp³-hybridized carbons (Fsp3) is 0.933. The summed E-state index contributed by atoms with van der Waals surface area (Å²) in [6, 6.07) is 0. The first-order valence-electron chi connectivity index (χ1n) is 14.2. The van der Waals surface area contributed by atoms with E-state index in [4.69, 9.17) is 0 Å². The lowest BCUT2D eigenvalue weighted by Gasteiger charge is -2.14. The monoisotopic (exact) mass is 418 g/mol. The van der Waals surface area contributed by atoms with Crippen molar-refractivity contribution in [2.45, 2.75) is 175 Å². The Hall–Kier alpha value is -0.440. The Bertz CT molecular complexity index is 358. The summed E-state index contributed by atoms with van der Waals surface area (Å²) in [5, 5.41) is 0. The van der Waals surface area contributed by atoms with E-state index in [1.165, 1.54) is 148 Å². The van der Waals surface area contributed by atoms with E-state index in [1.807, 2.05) is 6.92 Å². The van der Waals surface area contributed by atoms with Gasteiger partial charge in [-0.3, -0.25) is 0 Å². The van der Waals surface area contributed by atoms with E-state index in [9.17, 15) is 0 Å². The van der Waals surface area contributed by atoms with E-state index in [0.29, 0.717) is 0 Å². The van der Waals surface area contributed by atoms with Gasteiger partial charge in [-0.15, -0.1) is 11.8 Å². The van der Waals surface area contributed by atoms with Gasteiger partial charge < -0.3 is 0 Å². The van der Waals surface area contributed by atoms with Gasteiger partial charge in [-0.05, 0) is 19.3 Å². The van der Waals surface area contributed by atoms with E-state index in [0.717, 1.165) is 12.3 Å². The summed E-state index contributed by atoms with van der Waals surface area (Å²) in [5.41, 5.74) is 0. The van der Waals surface area contributed by atoms with Crippen LogP contribution >= 0.6 is 0 Å². The lowest BCUT2D eigenvalue weighted by Crippen LogP contribution is -1.99. The van der Waals surface area contributed by atoms with Crippen molar-refractivity contribution in [2.75, 3.05) is 0 Å². The summed E-state index contributed by atoms with van der Waals surface area (Å²) < 4.78 is 0. The molecule has 0 saturated heterocycles. The number of hydrogen-bond acceptors (Lipinski definition) is 0. The van der Waals surface area contributed by atoms with E-state index in [1.54, 1.807) is 0 Å². The molecule has 1 atom stereocenters. The zero-order chi connectivity index (χ0) is 22.0. The van der Waals surface area contributed by atoms with E-state index >= 15 is 0 Å². The van der Waals surface area contributed by atoms with Crippen LogP contribution in [0.15, 0.2) is 0 Å². The molecule has 0 bridgehead atoms. The second-order valence-electron chi connectivity index (χ2n) is 9.75. The summed E-state index contributed by atoms with van der Waals surface area (Å²) >= 11 is 0. The Balaban J connectivity index is 3.29. The van der Waals surface area contributed by atoms with Crippen LogP contribution in [0.2, 0.25) is 0 Å². The van der Waals surface area contributed by atoms with Crippen LogP contribution in [-0.4, -0.2) is 0 Å². The third-order valence-electron chi connectivity index (χ3n) is 6.88. The predicted octanol–water partition coefficient (Wildman–Crippen LogP) is 11.0. The molecular formula is C30H58. The van der Waals surface area contributed by atoms with Crippen LogP contribution < -0.4 is 0 Å². The van der Waals surface area contributed by atoms with Gasteiger partial charge in [0.1, 0.15) is 0 Å². The molecule has 0 aliphatic carbocycles. The molecule has 0 amide bonds. The molecule has 0 spiro atoms. The van der Waals surface area contributed by atoms with Gasteiger partial charge in [-0.2, -0.15) is 0 Å². The largest absolute Gasteiger partial charge is 0.107 e. The molecule has 0 aromatic rings. The van der Waals surface area contributed by atoms with E-state index < -0.39 is 0 Å². The smallest absolute Gasteiger partial charge is 0.00885 e. The van der Waals surface area contributed by atoms with Crippen LogP contribution in [0.4, 0.5) is 0 Å². The summed E-state index contributed by atoms with van der Waals surface area (Å²) in [6.45, 7) is 6.66.